The highest BCUT2D eigenvalue weighted by molar-refractivity contribution is 6.02. The van der Waals surface area contributed by atoms with E-state index in [2.05, 4.69) is 15.6 Å². The second kappa shape index (κ2) is 9.25. The van der Waals surface area contributed by atoms with Gasteiger partial charge in [0.2, 0.25) is 5.76 Å². The smallest absolute Gasteiger partial charge is 0.379 e. The predicted octanol–water partition coefficient (Wildman–Crippen LogP) is 3.32. The molecule has 0 fully saturated rings. The van der Waals surface area contributed by atoms with Gasteiger partial charge in [-0.05, 0) is 52.0 Å². The number of ether oxygens (including phenoxy) is 1. The number of carbonyl (C=O) groups is 2. The first-order valence-electron chi connectivity index (χ1n) is 9.60. The van der Waals surface area contributed by atoms with Gasteiger partial charge in [-0.2, -0.15) is 10.2 Å². The summed E-state index contributed by atoms with van der Waals surface area (Å²) in [5, 5.41) is 19.4. The highest BCUT2D eigenvalue weighted by atomic mass is 16.6. The first-order chi connectivity index (χ1) is 15.2. The summed E-state index contributed by atoms with van der Waals surface area (Å²) >= 11 is 0. The van der Waals surface area contributed by atoms with Crippen LogP contribution in [-0.2, 0) is 4.79 Å². The number of para-hydroxylation sites is 1. The van der Waals surface area contributed by atoms with E-state index in [9.17, 15) is 19.7 Å². The molecule has 0 aliphatic rings. The van der Waals surface area contributed by atoms with E-state index in [0.717, 1.165) is 0 Å². The summed E-state index contributed by atoms with van der Waals surface area (Å²) in [5.41, 5.74) is 3.66. The number of benzene rings is 1. The molecule has 32 heavy (non-hydrogen) atoms. The summed E-state index contributed by atoms with van der Waals surface area (Å²) < 4.78 is 11.7. The molecule has 2 aromatic heterocycles. The van der Waals surface area contributed by atoms with E-state index in [-0.39, 0.29) is 28.6 Å². The maximum Gasteiger partial charge on any atom is 0.379 e. The van der Waals surface area contributed by atoms with Crippen LogP contribution in [0.4, 0.5) is 5.69 Å². The van der Waals surface area contributed by atoms with Gasteiger partial charge in [0.15, 0.2) is 0 Å². The van der Waals surface area contributed by atoms with Crippen molar-refractivity contribution in [2.45, 2.75) is 33.7 Å². The number of amides is 1. The van der Waals surface area contributed by atoms with Crippen molar-refractivity contribution in [3.05, 3.63) is 75.5 Å². The van der Waals surface area contributed by atoms with Crippen LogP contribution in [0.2, 0.25) is 0 Å². The number of hydrogen-bond donors (Lipinski definition) is 1. The van der Waals surface area contributed by atoms with Gasteiger partial charge in [0.25, 0.3) is 5.91 Å². The zero-order chi connectivity index (χ0) is 23.4. The van der Waals surface area contributed by atoms with E-state index in [1.165, 1.54) is 30.9 Å². The van der Waals surface area contributed by atoms with Crippen molar-refractivity contribution in [2.24, 2.45) is 5.10 Å². The standard InChI is InChI=1S/C21H21N5O6/c1-12(16-8-5-6-9-17(16)32-21(28)18-10-7-11-31-18)22-23-20(27)15(4)25-14(3)19(26(29)30)13(2)24-25/h5-11,15H,1-4H3,(H,23,27). The van der Waals surface area contributed by atoms with Crippen LogP contribution in [0.25, 0.3) is 0 Å². The van der Waals surface area contributed by atoms with E-state index in [1.54, 1.807) is 44.2 Å². The normalized spacial score (nSPS) is 12.3. The Morgan fingerprint density at radius 3 is 2.59 bits per heavy atom. The fourth-order valence-electron chi connectivity index (χ4n) is 3.10. The highest BCUT2D eigenvalue weighted by Gasteiger charge is 2.27. The van der Waals surface area contributed by atoms with Gasteiger partial charge in [-0.3, -0.25) is 19.6 Å². The van der Waals surface area contributed by atoms with Crippen LogP contribution in [0.5, 0.6) is 5.75 Å². The maximum atomic E-state index is 12.6. The van der Waals surface area contributed by atoms with E-state index in [0.29, 0.717) is 11.3 Å². The first-order valence-corrected chi connectivity index (χ1v) is 9.60. The first kappa shape index (κ1) is 22.4. The zero-order valence-electron chi connectivity index (χ0n) is 17.9. The Bertz CT molecular complexity index is 1200. The number of nitrogens with one attached hydrogen (secondary N) is 1. The monoisotopic (exact) mass is 439 g/mol. The van der Waals surface area contributed by atoms with Crippen LogP contribution in [0.15, 0.2) is 52.2 Å². The molecule has 1 atom stereocenters. The SMILES string of the molecule is CC(=NNC(=O)C(C)n1nc(C)c([N+](=O)[O-])c1C)c1ccccc1OC(=O)c1ccco1. The van der Waals surface area contributed by atoms with Crippen LogP contribution in [0.3, 0.4) is 0 Å². The molecule has 2 heterocycles. The molecule has 3 rings (SSSR count). The number of nitrogens with zero attached hydrogens (tertiary/aromatic N) is 4. The van der Waals surface area contributed by atoms with Gasteiger partial charge in [-0.25, -0.2) is 10.2 Å². The van der Waals surface area contributed by atoms with Crippen LogP contribution in [0.1, 0.15) is 47.4 Å². The Balaban J connectivity index is 1.76. The van der Waals surface area contributed by atoms with Crippen LogP contribution in [-0.4, -0.2) is 32.3 Å². The van der Waals surface area contributed by atoms with Gasteiger partial charge in [0, 0.05) is 5.56 Å². The third-order valence-corrected chi connectivity index (χ3v) is 4.75. The minimum atomic E-state index is -0.842. The largest absolute Gasteiger partial charge is 0.457 e. The van der Waals surface area contributed by atoms with Gasteiger partial charge < -0.3 is 9.15 Å². The number of aryl methyl sites for hydroxylation is 1. The number of hydrazone groups is 1. The quantitative estimate of drug-likeness (QED) is 0.196. The summed E-state index contributed by atoms with van der Waals surface area (Å²) in [4.78, 5) is 35.4. The number of nitro groups is 1. The van der Waals surface area contributed by atoms with Crippen LogP contribution in [0, 0.1) is 24.0 Å². The van der Waals surface area contributed by atoms with E-state index in [1.807, 2.05) is 0 Å². The summed E-state index contributed by atoms with van der Waals surface area (Å²) in [6, 6.07) is 8.92. The van der Waals surface area contributed by atoms with Crippen molar-refractivity contribution >= 4 is 23.3 Å². The lowest BCUT2D eigenvalue weighted by atomic mass is 10.1. The fourth-order valence-corrected chi connectivity index (χ4v) is 3.10. The number of esters is 1. The van der Waals surface area contributed by atoms with Crippen molar-refractivity contribution in [1.82, 2.24) is 15.2 Å². The van der Waals surface area contributed by atoms with Gasteiger partial charge in [-0.15, -0.1) is 0 Å². The van der Waals surface area contributed by atoms with Crippen molar-refractivity contribution < 1.29 is 23.7 Å². The molecule has 0 aliphatic heterocycles. The molecule has 1 unspecified atom stereocenters. The molecule has 1 aromatic carbocycles. The Labute approximate surface area is 182 Å². The second-order valence-electron chi connectivity index (χ2n) is 6.93. The van der Waals surface area contributed by atoms with Crippen molar-refractivity contribution in [2.75, 3.05) is 0 Å². The molecule has 11 heteroatoms. The lowest BCUT2D eigenvalue weighted by Gasteiger charge is -2.13. The molecule has 0 aliphatic carbocycles. The molecule has 1 N–H and O–H groups in total. The molecule has 11 nitrogen and oxygen atoms in total. The summed E-state index contributed by atoms with van der Waals surface area (Å²) in [6.45, 7) is 6.23. The predicted molar refractivity (Wildman–Crippen MR) is 114 cm³/mol. The van der Waals surface area contributed by atoms with Gasteiger partial charge in [-0.1, -0.05) is 12.1 Å². The molecule has 166 valence electrons. The maximum absolute atomic E-state index is 12.6. The van der Waals surface area contributed by atoms with E-state index in [4.69, 9.17) is 9.15 Å². The number of carbonyl (C=O) groups excluding carboxylic acids is 2. The van der Waals surface area contributed by atoms with Crippen molar-refractivity contribution in [1.29, 1.82) is 0 Å². The average molecular weight is 439 g/mol. The third kappa shape index (κ3) is 4.56. The summed E-state index contributed by atoms with van der Waals surface area (Å²) in [5.74, 6) is -0.893. The molecule has 0 saturated carbocycles. The minimum absolute atomic E-state index is 0.0514. The van der Waals surface area contributed by atoms with Crippen LogP contribution < -0.4 is 10.2 Å². The Morgan fingerprint density at radius 1 is 1.25 bits per heavy atom. The molecule has 1 amide bonds. The number of furan rings is 1. The second-order valence-corrected chi connectivity index (χ2v) is 6.93. The van der Waals surface area contributed by atoms with Gasteiger partial charge in [0.1, 0.15) is 23.2 Å². The number of rotatable bonds is 7. The number of aromatic nitrogens is 2. The van der Waals surface area contributed by atoms with Crippen molar-refractivity contribution in [3.8, 4) is 5.75 Å². The summed E-state index contributed by atoms with van der Waals surface area (Å²) in [7, 11) is 0. The van der Waals surface area contributed by atoms with Gasteiger partial charge in [0.05, 0.1) is 16.9 Å². The molecule has 0 radical (unpaired) electrons. The Hall–Kier alpha value is -4.28. The van der Waals surface area contributed by atoms with Crippen LogP contribution >= 0.6 is 0 Å². The molecular weight excluding hydrogens is 418 g/mol. The highest BCUT2D eigenvalue weighted by Crippen LogP contribution is 2.25. The lowest BCUT2D eigenvalue weighted by Crippen LogP contribution is -2.29. The third-order valence-electron chi connectivity index (χ3n) is 4.75. The molecule has 3 aromatic rings. The van der Waals surface area contributed by atoms with E-state index >= 15 is 0 Å². The molecule has 0 bridgehead atoms. The zero-order valence-corrected chi connectivity index (χ0v) is 17.9. The molecule has 0 spiro atoms. The van der Waals surface area contributed by atoms with E-state index < -0.39 is 22.8 Å². The molecular formula is C21H21N5O6. The fraction of sp³-hybridized carbons (Fsp3) is 0.238. The minimum Gasteiger partial charge on any atom is -0.457 e. The van der Waals surface area contributed by atoms with Crippen molar-refractivity contribution in [3.63, 3.8) is 0 Å². The Morgan fingerprint density at radius 2 is 1.97 bits per heavy atom. The Kier molecular flexibility index (Phi) is 6.47. The number of hydrogen-bond acceptors (Lipinski definition) is 8. The summed E-state index contributed by atoms with van der Waals surface area (Å²) in [6.07, 6.45) is 1.36. The molecule has 0 saturated heterocycles. The topological polar surface area (TPSA) is 142 Å². The average Bonchev–Trinajstić information content (AvgIpc) is 3.39. The lowest BCUT2D eigenvalue weighted by molar-refractivity contribution is -0.386. The van der Waals surface area contributed by atoms with Gasteiger partial charge >= 0.3 is 11.7 Å².